The van der Waals surface area contributed by atoms with Crippen molar-refractivity contribution >= 4 is 29.0 Å². The van der Waals surface area contributed by atoms with E-state index in [4.69, 9.17) is 11.6 Å². The SMILES string of the molecule is CC(C)C(=O)Nc1ccccc1.CC1CCN(CCCCC(=O)c2cccc(Cl)c2)CC1. The van der Waals surface area contributed by atoms with Crippen molar-refractivity contribution in [3.05, 3.63) is 65.2 Å². The lowest BCUT2D eigenvalue weighted by atomic mass is 9.99. The zero-order valence-corrected chi connectivity index (χ0v) is 20.4. The quantitative estimate of drug-likeness (QED) is 0.355. The molecule has 4 nitrogen and oxygen atoms in total. The molecular formula is C27H37ClN2O2. The zero-order chi connectivity index (χ0) is 23.3. The molecule has 1 aliphatic rings. The summed E-state index contributed by atoms with van der Waals surface area (Å²) in [6.07, 6.45) is 5.35. The van der Waals surface area contributed by atoms with Gasteiger partial charge in [0.15, 0.2) is 5.78 Å². The highest BCUT2D eigenvalue weighted by atomic mass is 35.5. The topological polar surface area (TPSA) is 49.4 Å². The molecule has 1 amide bonds. The van der Waals surface area contributed by atoms with Crippen molar-refractivity contribution in [2.45, 2.75) is 52.9 Å². The highest BCUT2D eigenvalue weighted by molar-refractivity contribution is 6.31. The first-order chi connectivity index (χ1) is 15.3. The Morgan fingerprint density at radius 2 is 1.72 bits per heavy atom. The van der Waals surface area contributed by atoms with Crippen LogP contribution < -0.4 is 5.32 Å². The predicted molar refractivity (Wildman–Crippen MR) is 134 cm³/mol. The van der Waals surface area contributed by atoms with Gasteiger partial charge >= 0.3 is 0 Å². The van der Waals surface area contributed by atoms with Gasteiger partial charge in [0, 0.05) is 28.6 Å². The second kappa shape index (κ2) is 14.1. The number of amides is 1. The zero-order valence-electron chi connectivity index (χ0n) is 19.6. The number of anilines is 1. The Bertz CT molecular complexity index is 831. The summed E-state index contributed by atoms with van der Waals surface area (Å²) in [6, 6.07) is 16.7. The first-order valence-corrected chi connectivity index (χ1v) is 12.1. The molecule has 0 atom stereocenters. The van der Waals surface area contributed by atoms with Crippen molar-refractivity contribution in [3.8, 4) is 0 Å². The second-order valence-electron chi connectivity index (χ2n) is 8.92. The standard InChI is InChI=1S/C17H24ClNO.C10H13NO/c1-14-8-11-19(12-9-14)10-3-2-7-17(20)15-5-4-6-16(18)13-15;1-8(2)10(12)11-9-6-4-3-5-7-9/h4-6,13-14H,2-3,7-12H2,1H3;3-8H,1-2H3,(H,11,12). The van der Waals surface area contributed by atoms with Gasteiger partial charge in [-0.05, 0) is 75.5 Å². The van der Waals surface area contributed by atoms with Crippen LogP contribution >= 0.6 is 11.6 Å². The molecule has 2 aromatic rings. The fourth-order valence-electron chi connectivity index (χ4n) is 3.52. The number of Topliss-reactive ketones (excluding diaryl/α,β-unsaturated/α-hetero) is 1. The lowest BCUT2D eigenvalue weighted by molar-refractivity contribution is -0.118. The number of nitrogens with zero attached hydrogens (tertiary/aromatic N) is 1. The molecule has 2 aromatic carbocycles. The Kier molecular flexibility index (Phi) is 11.5. The van der Waals surface area contributed by atoms with Crippen molar-refractivity contribution in [2.24, 2.45) is 11.8 Å². The van der Waals surface area contributed by atoms with Crippen molar-refractivity contribution in [3.63, 3.8) is 0 Å². The van der Waals surface area contributed by atoms with E-state index in [0.717, 1.165) is 36.6 Å². The van der Waals surface area contributed by atoms with Gasteiger partial charge in [0.2, 0.25) is 5.91 Å². The third-order valence-corrected chi connectivity index (χ3v) is 5.95. The van der Waals surface area contributed by atoms with Crippen LogP contribution in [0.3, 0.4) is 0 Å². The maximum absolute atomic E-state index is 12.0. The molecule has 0 spiro atoms. The number of hydrogen-bond donors (Lipinski definition) is 1. The number of hydrogen-bond acceptors (Lipinski definition) is 3. The van der Waals surface area contributed by atoms with E-state index in [1.54, 1.807) is 12.1 Å². The van der Waals surface area contributed by atoms with Gasteiger partial charge in [-0.15, -0.1) is 0 Å². The van der Waals surface area contributed by atoms with Gasteiger partial charge in [0.1, 0.15) is 0 Å². The van der Waals surface area contributed by atoms with E-state index in [0.29, 0.717) is 11.4 Å². The summed E-state index contributed by atoms with van der Waals surface area (Å²) >= 11 is 5.90. The minimum Gasteiger partial charge on any atom is -0.326 e. The van der Waals surface area contributed by atoms with Gasteiger partial charge in [-0.25, -0.2) is 0 Å². The lowest BCUT2D eigenvalue weighted by Gasteiger charge is -2.30. The van der Waals surface area contributed by atoms with Crippen LogP contribution in [-0.4, -0.2) is 36.2 Å². The smallest absolute Gasteiger partial charge is 0.226 e. The molecule has 1 heterocycles. The second-order valence-corrected chi connectivity index (χ2v) is 9.36. The molecule has 1 aliphatic heterocycles. The minimum absolute atomic E-state index is 0.0326. The Hall–Kier alpha value is -2.17. The number of carbonyl (C=O) groups is 2. The Balaban J connectivity index is 0.000000258. The van der Waals surface area contributed by atoms with Crippen molar-refractivity contribution in [1.29, 1.82) is 0 Å². The minimum atomic E-state index is 0.0326. The average Bonchev–Trinajstić information content (AvgIpc) is 2.79. The Morgan fingerprint density at radius 3 is 2.34 bits per heavy atom. The molecule has 1 N–H and O–H groups in total. The van der Waals surface area contributed by atoms with E-state index in [1.807, 2.05) is 56.3 Å². The summed E-state index contributed by atoms with van der Waals surface area (Å²) in [5.41, 5.74) is 1.60. The number of benzene rings is 2. The summed E-state index contributed by atoms with van der Waals surface area (Å²) in [6.45, 7) is 9.67. The summed E-state index contributed by atoms with van der Waals surface area (Å²) in [7, 11) is 0. The first kappa shape index (κ1) is 26.1. The maximum atomic E-state index is 12.0. The fraction of sp³-hybridized carbons (Fsp3) is 0.481. The number of ketones is 1. The van der Waals surface area contributed by atoms with Gasteiger partial charge in [-0.3, -0.25) is 9.59 Å². The van der Waals surface area contributed by atoms with Crippen molar-refractivity contribution in [2.75, 3.05) is 25.0 Å². The molecule has 0 bridgehead atoms. The van der Waals surface area contributed by atoms with Crippen LogP contribution in [0, 0.1) is 11.8 Å². The number of para-hydroxylation sites is 1. The number of halogens is 1. The number of piperidine rings is 1. The summed E-state index contributed by atoms with van der Waals surface area (Å²) in [4.78, 5) is 25.8. The van der Waals surface area contributed by atoms with Crippen LogP contribution in [0.25, 0.3) is 0 Å². The fourth-order valence-corrected chi connectivity index (χ4v) is 3.71. The summed E-state index contributed by atoms with van der Waals surface area (Å²) in [5.74, 6) is 1.18. The normalized spacial score (nSPS) is 14.5. The molecule has 1 fully saturated rings. The van der Waals surface area contributed by atoms with Gasteiger partial charge in [0.25, 0.3) is 0 Å². The molecule has 32 heavy (non-hydrogen) atoms. The highest BCUT2D eigenvalue weighted by Gasteiger charge is 2.15. The average molecular weight is 457 g/mol. The molecule has 0 radical (unpaired) electrons. The summed E-state index contributed by atoms with van der Waals surface area (Å²) < 4.78 is 0. The van der Waals surface area contributed by atoms with E-state index in [1.165, 1.54) is 25.9 Å². The Morgan fingerprint density at radius 1 is 1.03 bits per heavy atom. The first-order valence-electron chi connectivity index (χ1n) is 11.7. The largest absolute Gasteiger partial charge is 0.326 e. The van der Waals surface area contributed by atoms with E-state index < -0.39 is 0 Å². The number of rotatable bonds is 8. The molecule has 1 saturated heterocycles. The van der Waals surface area contributed by atoms with Crippen LogP contribution in [0.1, 0.15) is 63.2 Å². The van der Waals surface area contributed by atoms with Crippen LogP contribution in [0.5, 0.6) is 0 Å². The molecule has 174 valence electrons. The molecule has 0 aliphatic carbocycles. The van der Waals surface area contributed by atoms with Gasteiger partial charge in [-0.1, -0.05) is 62.7 Å². The molecule has 0 unspecified atom stereocenters. The lowest BCUT2D eigenvalue weighted by Crippen LogP contribution is -2.33. The molecule has 5 heteroatoms. The molecule has 0 saturated carbocycles. The van der Waals surface area contributed by atoms with Gasteiger partial charge < -0.3 is 10.2 Å². The van der Waals surface area contributed by atoms with Crippen LogP contribution in [0.2, 0.25) is 5.02 Å². The third-order valence-electron chi connectivity index (χ3n) is 5.72. The van der Waals surface area contributed by atoms with E-state index >= 15 is 0 Å². The predicted octanol–water partition coefficient (Wildman–Crippen LogP) is 6.71. The molecule has 3 rings (SSSR count). The molecule has 0 aromatic heterocycles. The number of nitrogens with one attached hydrogen (secondary N) is 1. The monoisotopic (exact) mass is 456 g/mol. The van der Waals surface area contributed by atoms with Crippen molar-refractivity contribution < 1.29 is 9.59 Å². The van der Waals surface area contributed by atoms with E-state index in [2.05, 4.69) is 17.1 Å². The molecular weight excluding hydrogens is 420 g/mol. The van der Waals surface area contributed by atoms with Crippen LogP contribution in [-0.2, 0) is 4.79 Å². The highest BCUT2D eigenvalue weighted by Crippen LogP contribution is 2.17. The maximum Gasteiger partial charge on any atom is 0.226 e. The summed E-state index contributed by atoms with van der Waals surface area (Å²) in [5, 5.41) is 3.44. The number of likely N-dealkylation sites (tertiary alicyclic amines) is 1. The number of unbranched alkanes of at least 4 members (excludes halogenated alkanes) is 1. The van der Waals surface area contributed by atoms with Crippen molar-refractivity contribution in [1.82, 2.24) is 4.90 Å². The van der Waals surface area contributed by atoms with E-state index in [-0.39, 0.29) is 17.6 Å². The number of carbonyl (C=O) groups excluding carboxylic acids is 2. The Labute approximate surface area is 198 Å². The van der Waals surface area contributed by atoms with Gasteiger partial charge in [0.05, 0.1) is 0 Å². The van der Waals surface area contributed by atoms with E-state index in [9.17, 15) is 9.59 Å². The van der Waals surface area contributed by atoms with Gasteiger partial charge in [-0.2, -0.15) is 0 Å². The van der Waals surface area contributed by atoms with Crippen LogP contribution in [0.4, 0.5) is 5.69 Å². The third kappa shape index (κ3) is 9.97. The van der Waals surface area contributed by atoms with Crippen LogP contribution in [0.15, 0.2) is 54.6 Å².